The third kappa shape index (κ3) is 2.56. The molecule has 1 nitrogen and oxygen atoms in total. The van der Waals surface area contributed by atoms with E-state index in [0.717, 1.165) is 0 Å². The van der Waals surface area contributed by atoms with Gasteiger partial charge in [0, 0.05) is 0 Å². The smallest absolute Gasteiger partial charge is 0.0552 e. The van der Waals surface area contributed by atoms with E-state index >= 15 is 0 Å². The van der Waals surface area contributed by atoms with E-state index in [4.69, 9.17) is 0 Å². The van der Waals surface area contributed by atoms with Crippen LogP contribution < -0.4 is 0 Å². The summed E-state index contributed by atoms with van der Waals surface area (Å²) in [5.41, 5.74) is 2.72. The van der Waals surface area contributed by atoms with Crippen LogP contribution in [0, 0.1) is 0 Å². The van der Waals surface area contributed by atoms with E-state index in [1.165, 1.54) is 21.9 Å². The van der Waals surface area contributed by atoms with Crippen molar-refractivity contribution < 1.29 is 5.11 Å². The van der Waals surface area contributed by atoms with E-state index in [1.54, 1.807) is 0 Å². The molecule has 0 saturated heterocycles. The van der Waals surface area contributed by atoms with Crippen molar-refractivity contribution in [3.05, 3.63) is 47.5 Å². The van der Waals surface area contributed by atoms with Gasteiger partial charge in [0.25, 0.3) is 0 Å². The van der Waals surface area contributed by atoms with E-state index in [-0.39, 0.29) is 11.5 Å². The van der Waals surface area contributed by atoms with Crippen LogP contribution in [0.5, 0.6) is 0 Å². The van der Waals surface area contributed by atoms with Crippen LogP contribution in [0.25, 0.3) is 10.8 Å². The van der Waals surface area contributed by atoms with Crippen molar-refractivity contribution in [2.75, 3.05) is 0 Å². The van der Waals surface area contributed by atoms with Crippen LogP contribution in [0.3, 0.4) is 0 Å². The molecule has 0 aliphatic heterocycles. The van der Waals surface area contributed by atoms with Gasteiger partial charge >= 0.3 is 0 Å². The quantitative estimate of drug-likeness (QED) is 0.842. The van der Waals surface area contributed by atoms with Crippen LogP contribution in [0.15, 0.2) is 36.4 Å². The van der Waals surface area contributed by atoms with Gasteiger partial charge in [-0.1, -0.05) is 57.2 Å². The fraction of sp³-hybridized carbons (Fsp3) is 0.412. The maximum Gasteiger partial charge on any atom is 0.0552 e. The molecule has 1 heteroatoms. The topological polar surface area (TPSA) is 20.2 Å². The highest BCUT2D eigenvalue weighted by molar-refractivity contribution is 5.89. The van der Waals surface area contributed by atoms with Gasteiger partial charge in [0.15, 0.2) is 0 Å². The third-order valence-electron chi connectivity index (χ3n) is 3.31. The van der Waals surface area contributed by atoms with Gasteiger partial charge in [0.05, 0.1) is 6.10 Å². The van der Waals surface area contributed by atoms with Crippen molar-refractivity contribution >= 4 is 10.8 Å². The zero-order valence-electron chi connectivity index (χ0n) is 11.7. The Morgan fingerprint density at radius 2 is 1.67 bits per heavy atom. The largest absolute Gasteiger partial charge is 0.393 e. The fourth-order valence-corrected chi connectivity index (χ4v) is 2.53. The monoisotopic (exact) mass is 242 g/mol. The van der Waals surface area contributed by atoms with Crippen LogP contribution in [0.1, 0.15) is 38.8 Å². The van der Waals surface area contributed by atoms with E-state index in [1.807, 2.05) is 6.92 Å². The van der Waals surface area contributed by atoms with Crippen LogP contribution in [0.2, 0.25) is 0 Å². The standard InChI is InChI=1S/C17H22O/c1-12(18)11-14-9-5-7-13-8-6-10-15(16(13)14)17(2,3)4/h5-10,12,18H,11H2,1-4H3. The van der Waals surface area contributed by atoms with Crippen molar-refractivity contribution in [1.29, 1.82) is 0 Å². The molecule has 0 amide bonds. The predicted octanol–water partition coefficient (Wildman–Crippen LogP) is 4.06. The highest BCUT2D eigenvalue weighted by Crippen LogP contribution is 2.32. The van der Waals surface area contributed by atoms with Gasteiger partial charge < -0.3 is 5.11 Å². The molecule has 0 spiro atoms. The minimum absolute atomic E-state index is 0.119. The van der Waals surface area contributed by atoms with Crippen molar-refractivity contribution in [3.63, 3.8) is 0 Å². The van der Waals surface area contributed by atoms with Crippen molar-refractivity contribution in [3.8, 4) is 0 Å². The second-order valence-corrected chi connectivity index (χ2v) is 6.12. The molecule has 0 radical (unpaired) electrons. The van der Waals surface area contributed by atoms with E-state index in [0.29, 0.717) is 6.42 Å². The number of rotatable bonds is 2. The molecule has 2 aromatic carbocycles. The molecule has 0 aliphatic rings. The zero-order chi connectivity index (χ0) is 13.3. The Bertz CT molecular complexity index is 542. The molecule has 18 heavy (non-hydrogen) atoms. The summed E-state index contributed by atoms with van der Waals surface area (Å²) in [6, 6.07) is 12.8. The second-order valence-electron chi connectivity index (χ2n) is 6.12. The van der Waals surface area contributed by atoms with E-state index in [9.17, 15) is 5.11 Å². The molecule has 2 rings (SSSR count). The summed E-state index contributed by atoms with van der Waals surface area (Å²) < 4.78 is 0. The molecule has 0 saturated carbocycles. The maximum absolute atomic E-state index is 9.66. The van der Waals surface area contributed by atoms with E-state index < -0.39 is 0 Å². The normalized spacial score (nSPS) is 13.8. The Kier molecular flexibility index (Phi) is 3.45. The summed E-state index contributed by atoms with van der Waals surface area (Å²) >= 11 is 0. The average Bonchev–Trinajstić information content (AvgIpc) is 2.26. The van der Waals surface area contributed by atoms with E-state index in [2.05, 4.69) is 57.2 Å². The summed E-state index contributed by atoms with van der Waals surface area (Å²) in [5.74, 6) is 0. The lowest BCUT2D eigenvalue weighted by Crippen LogP contribution is -2.13. The van der Waals surface area contributed by atoms with Gasteiger partial charge in [-0.2, -0.15) is 0 Å². The molecular weight excluding hydrogens is 220 g/mol. The molecule has 0 fully saturated rings. The lowest BCUT2D eigenvalue weighted by Gasteiger charge is -2.23. The molecular formula is C17H22O. The van der Waals surface area contributed by atoms with Gasteiger partial charge in [-0.3, -0.25) is 0 Å². The van der Waals surface area contributed by atoms with Crippen LogP contribution in [-0.2, 0) is 11.8 Å². The van der Waals surface area contributed by atoms with Gasteiger partial charge in [-0.05, 0) is 40.7 Å². The molecule has 1 N–H and O–H groups in total. The van der Waals surface area contributed by atoms with Crippen molar-refractivity contribution in [1.82, 2.24) is 0 Å². The highest BCUT2D eigenvalue weighted by atomic mass is 16.3. The first-order chi connectivity index (χ1) is 8.39. The first kappa shape index (κ1) is 13.1. The third-order valence-corrected chi connectivity index (χ3v) is 3.31. The molecule has 0 aliphatic carbocycles. The Morgan fingerprint density at radius 3 is 2.22 bits per heavy atom. The van der Waals surface area contributed by atoms with Gasteiger partial charge in [0.2, 0.25) is 0 Å². The summed E-state index contributed by atoms with van der Waals surface area (Å²) in [6.07, 6.45) is 0.411. The number of hydrogen-bond acceptors (Lipinski definition) is 1. The van der Waals surface area contributed by atoms with Gasteiger partial charge in [-0.25, -0.2) is 0 Å². The number of fused-ring (bicyclic) bond motifs is 1. The number of benzene rings is 2. The van der Waals surface area contributed by atoms with Crippen molar-refractivity contribution in [2.24, 2.45) is 0 Å². The average molecular weight is 242 g/mol. The van der Waals surface area contributed by atoms with Gasteiger partial charge in [0.1, 0.15) is 0 Å². The molecule has 0 bridgehead atoms. The minimum Gasteiger partial charge on any atom is -0.393 e. The summed E-state index contributed by atoms with van der Waals surface area (Å²) in [4.78, 5) is 0. The summed E-state index contributed by atoms with van der Waals surface area (Å²) in [7, 11) is 0. The molecule has 1 atom stereocenters. The van der Waals surface area contributed by atoms with Crippen molar-refractivity contribution in [2.45, 2.75) is 45.6 Å². The van der Waals surface area contributed by atoms with Crippen LogP contribution in [0.4, 0.5) is 0 Å². The van der Waals surface area contributed by atoms with Crippen LogP contribution >= 0.6 is 0 Å². The van der Waals surface area contributed by atoms with Crippen LogP contribution in [-0.4, -0.2) is 11.2 Å². The zero-order valence-corrected chi connectivity index (χ0v) is 11.7. The first-order valence-electron chi connectivity index (χ1n) is 6.59. The fourth-order valence-electron chi connectivity index (χ4n) is 2.53. The Hall–Kier alpha value is -1.34. The first-order valence-corrected chi connectivity index (χ1v) is 6.59. The summed E-state index contributed by atoms with van der Waals surface area (Å²) in [6.45, 7) is 8.56. The number of hydrogen-bond donors (Lipinski definition) is 1. The second kappa shape index (κ2) is 4.74. The number of aliphatic hydroxyl groups is 1. The van der Waals surface area contributed by atoms with Gasteiger partial charge in [-0.15, -0.1) is 0 Å². The molecule has 0 heterocycles. The minimum atomic E-state index is -0.302. The molecule has 1 unspecified atom stereocenters. The Morgan fingerprint density at radius 1 is 1.06 bits per heavy atom. The lowest BCUT2D eigenvalue weighted by molar-refractivity contribution is 0.196. The molecule has 96 valence electrons. The summed E-state index contributed by atoms with van der Waals surface area (Å²) in [5, 5.41) is 12.2. The maximum atomic E-state index is 9.66. The highest BCUT2D eigenvalue weighted by Gasteiger charge is 2.18. The Labute approximate surface area is 109 Å². The lowest BCUT2D eigenvalue weighted by atomic mass is 9.82. The Balaban J connectivity index is 2.72. The molecule has 0 aromatic heterocycles. The number of aliphatic hydroxyl groups excluding tert-OH is 1. The predicted molar refractivity (Wildman–Crippen MR) is 78.0 cm³/mol. The SMILES string of the molecule is CC(O)Cc1cccc2cccc(C(C)(C)C)c12. The molecule has 2 aromatic rings.